The van der Waals surface area contributed by atoms with E-state index in [0.29, 0.717) is 5.11 Å². The van der Waals surface area contributed by atoms with Crippen molar-refractivity contribution in [2.75, 3.05) is 28.6 Å². The molecule has 0 unspecified atom stereocenters. The smallest absolute Gasteiger partial charge is 0.175 e. The Morgan fingerprint density at radius 1 is 0.913 bits per heavy atom. The van der Waals surface area contributed by atoms with E-state index in [2.05, 4.69) is 52.8 Å². The van der Waals surface area contributed by atoms with E-state index in [1.807, 2.05) is 18.2 Å². The Labute approximate surface area is 143 Å². The van der Waals surface area contributed by atoms with Crippen molar-refractivity contribution in [2.45, 2.75) is 26.2 Å². The van der Waals surface area contributed by atoms with Gasteiger partial charge in [-0.3, -0.25) is 0 Å². The summed E-state index contributed by atoms with van der Waals surface area (Å²) in [6, 6.07) is 16.6. The van der Waals surface area contributed by atoms with Crippen molar-refractivity contribution < 1.29 is 0 Å². The zero-order chi connectivity index (χ0) is 16.1. The molecule has 120 valence electrons. The minimum absolute atomic E-state index is 0.623. The van der Waals surface area contributed by atoms with Crippen molar-refractivity contribution in [1.29, 1.82) is 0 Å². The first-order valence-corrected chi connectivity index (χ1v) is 8.62. The third-order valence-electron chi connectivity index (χ3n) is 4.16. The molecule has 0 spiro atoms. The Morgan fingerprint density at radius 3 is 2.35 bits per heavy atom. The topological polar surface area (TPSA) is 27.3 Å². The quantitative estimate of drug-likeness (QED) is 0.793. The van der Waals surface area contributed by atoms with Crippen LogP contribution in [0.4, 0.5) is 17.1 Å². The molecule has 3 rings (SSSR count). The summed E-state index contributed by atoms with van der Waals surface area (Å²) < 4.78 is 0. The maximum Gasteiger partial charge on any atom is 0.175 e. The van der Waals surface area contributed by atoms with Gasteiger partial charge in [0.1, 0.15) is 0 Å². The van der Waals surface area contributed by atoms with E-state index in [1.165, 1.54) is 30.5 Å². The van der Waals surface area contributed by atoms with E-state index in [1.54, 1.807) is 0 Å². The molecule has 4 heteroatoms. The van der Waals surface area contributed by atoms with Crippen molar-refractivity contribution in [3.05, 3.63) is 54.1 Å². The summed E-state index contributed by atoms with van der Waals surface area (Å²) in [4.78, 5) is 2.44. The van der Waals surface area contributed by atoms with Gasteiger partial charge in [0.2, 0.25) is 0 Å². The van der Waals surface area contributed by atoms with Crippen LogP contribution in [-0.4, -0.2) is 18.2 Å². The highest BCUT2D eigenvalue weighted by molar-refractivity contribution is 7.80. The van der Waals surface area contributed by atoms with Gasteiger partial charge in [0.05, 0.1) is 11.4 Å². The van der Waals surface area contributed by atoms with Crippen LogP contribution >= 0.6 is 12.2 Å². The molecule has 1 fully saturated rings. The van der Waals surface area contributed by atoms with E-state index in [0.717, 1.165) is 24.5 Å². The molecule has 0 aromatic heterocycles. The Bertz CT molecular complexity index is 661. The molecule has 0 bridgehead atoms. The summed E-state index contributed by atoms with van der Waals surface area (Å²) in [5.41, 5.74) is 4.55. The molecule has 2 N–H and O–H groups in total. The summed E-state index contributed by atoms with van der Waals surface area (Å²) in [6.07, 6.45) is 3.86. The van der Waals surface area contributed by atoms with E-state index >= 15 is 0 Å². The Balaban J connectivity index is 1.69. The van der Waals surface area contributed by atoms with E-state index in [9.17, 15) is 0 Å². The fourth-order valence-electron chi connectivity index (χ4n) is 2.91. The summed E-state index contributed by atoms with van der Waals surface area (Å²) in [6.45, 7) is 4.32. The highest BCUT2D eigenvalue weighted by atomic mass is 32.1. The van der Waals surface area contributed by atoms with Crippen LogP contribution in [0.3, 0.4) is 0 Å². The average molecular weight is 325 g/mol. The molecular formula is C19H23N3S. The largest absolute Gasteiger partial charge is 0.370 e. The first-order chi connectivity index (χ1) is 11.2. The molecule has 23 heavy (non-hydrogen) atoms. The monoisotopic (exact) mass is 325 g/mol. The predicted molar refractivity (Wildman–Crippen MR) is 104 cm³/mol. The van der Waals surface area contributed by atoms with Gasteiger partial charge >= 0.3 is 0 Å². The number of para-hydroxylation sites is 2. The molecule has 1 heterocycles. The van der Waals surface area contributed by atoms with Crippen LogP contribution in [0.15, 0.2) is 48.5 Å². The lowest BCUT2D eigenvalue weighted by molar-refractivity contribution is 0.578. The third kappa shape index (κ3) is 4.23. The Kier molecular flexibility index (Phi) is 5.13. The molecular weight excluding hydrogens is 302 g/mol. The molecule has 0 saturated carbocycles. The number of benzene rings is 2. The second-order valence-corrected chi connectivity index (χ2v) is 6.42. The van der Waals surface area contributed by atoms with Crippen LogP contribution < -0.4 is 15.5 Å². The van der Waals surface area contributed by atoms with Crippen LogP contribution in [0.25, 0.3) is 0 Å². The summed E-state index contributed by atoms with van der Waals surface area (Å²) in [5.74, 6) is 0. The van der Waals surface area contributed by atoms with Gasteiger partial charge in [0.25, 0.3) is 0 Å². The summed E-state index contributed by atoms with van der Waals surface area (Å²) in [7, 11) is 0. The zero-order valence-electron chi connectivity index (χ0n) is 13.5. The summed E-state index contributed by atoms with van der Waals surface area (Å²) >= 11 is 5.47. The summed E-state index contributed by atoms with van der Waals surface area (Å²) in [5, 5.41) is 7.22. The first kappa shape index (κ1) is 15.8. The van der Waals surface area contributed by atoms with Crippen molar-refractivity contribution in [2.24, 2.45) is 0 Å². The van der Waals surface area contributed by atoms with Gasteiger partial charge in [-0.05, 0) is 62.7 Å². The van der Waals surface area contributed by atoms with Crippen LogP contribution in [0.1, 0.15) is 24.8 Å². The molecule has 3 nitrogen and oxygen atoms in total. The van der Waals surface area contributed by atoms with Crippen LogP contribution in [0.5, 0.6) is 0 Å². The molecule has 0 radical (unpaired) electrons. The molecule has 2 aromatic rings. The second kappa shape index (κ2) is 7.47. The van der Waals surface area contributed by atoms with Crippen molar-refractivity contribution in [3.63, 3.8) is 0 Å². The lowest BCUT2D eigenvalue weighted by Gasteiger charge is -2.30. The molecule has 0 aliphatic carbocycles. The minimum Gasteiger partial charge on any atom is -0.370 e. The van der Waals surface area contributed by atoms with Gasteiger partial charge in [-0.2, -0.15) is 0 Å². The van der Waals surface area contributed by atoms with E-state index in [4.69, 9.17) is 12.2 Å². The number of piperidine rings is 1. The van der Waals surface area contributed by atoms with Crippen molar-refractivity contribution in [1.82, 2.24) is 0 Å². The van der Waals surface area contributed by atoms with Gasteiger partial charge < -0.3 is 15.5 Å². The molecule has 2 aromatic carbocycles. The van der Waals surface area contributed by atoms with Crippen molar-refractivity contribution >= 4 is 34.4 Å². The number of hydrogen-bond acceptors (Lipinski definition) is 2. The fraction of sp³-hybridized carbons (Fsp3) is 0.316. The van der Waals surface area contributed by atoms with E-state index < -0.39 is 0 Å². The predicted octanol–water partition coefficient (Wildman–Crippen LogP) is 4.79. The normalized spacial score (nSPS) is 14.4. The molecule has 0 amide bonds. The second-order valence-electron chi connectivity index (χ2n) is 6.01. The molecule has 1 aliphatic rings. The Morgan fingerprint density at radius 2 is 1.61 bits per heavy atom. The van der Waals surface area contributed by atoms with Gasteiger partial charge in [0, 0.05) is 18.8 Å². The maximum atomic E-state index is 5.47. The number of anilines is 3. The Hall–Kier alpha value is -2.07. The zero-order valence-corrected chi connectivity index (χ0v) is 14.3. The fourth-order valence-corrected chi connectivity index (χ4v) is 3.14. The molecule has 0 atom stereocenters. The number of hydrogen-bond donors (Lipinski definition) is 2. The number of rotatable bonds is 3. The number of thiocarbonyl (C=S) groups is 1. The molecule has 1 saturated heterocycles. The standard InChI is InChI=1S/C19H23N3S/c1-15-9-11-16(12-10-15)20-19(23)21-17-7-3-4-8-18(17)22-13-5-2-6-14-22/h3-4,7-12H,2,5-6,13-14H2,1H3,(H2,20,21,23). The third-order valence-corrected chi connectivity index (χ3v) is 4.36. The highest BCUT2D eigenvalue weighted by Crippen LogP contribution is 2.28. The number of aryl methyl sites for hydroxylation is 1. The van der Waals surface area contributed by atoms with Gasteiger partial charge in [-0.1, -0.05) is 29.8 Å². The lowest BCUT2D eigenvalue weighted by Crippen LogP contribution is -2.30. The average Bonchev–Trinajstić information content (AvgIpc) is 2.58. The lowest BCUT2D eigenvalue weighted by atomic mass is 10.1. The minimum atomic E-state index is 0.623. The first-order valence-electron chi connectivity index (χ1n) is 8.21. The van der Waals surface area contributed by atoms with Gasteiger partial charge in [0.15, 0.2) is 5.11 Å². The van der Waals surface area contributed by atoms with Crippen LogP contribution in [0, 0.1) is 6.92 Å². The van der Waals surface area contributed by atoms with Crippen molar-refractivity contribution in [3.8, 4) is 0 Å². The highest BCUT2D eigenvalue weighted by Gasteiger charge is 2.14. The SMILES string of the molecule is Cc1ccc(NC(=S)Nc2ccccc2N2CCCCC2)cc1. The van der Waals surface area contributed by atoms with E-state index in [-0.39, 0.29) is 0 Å². The van der Waals surface area contributed by atoms with Crippen LogP contribution in [0.2, 0.25) is 0 Å². The molecule has 1 aliphatic heterocycles. The maximum absolute atomic E-state index is 5.47. The number of nitrogens with one attached hydrogen (secondary N) is 2. The van der Waals surface area contributed by atoms with Crippen LogP contribution in [-0.2, 0) is 0 Å². The number of nitrogens with zero attached hydrogens (tertiary/aromatic N) is 1. The van der Waals surface area contributed by atoms with Gasteiger partial charge in [-0.25, -0.2) is 0 Å². The van der Waals surface area contributed by atoms with Gasteiger partial charge in [-0.15, -0.1) is 0 Å².